The third-order valence-electron chi connectivity index (χ3n) is 4.58. The van der Waals surface area contributed by atoms with Crippen molar-refractivity contribution in [3.05, 3.63) is 35.4 Å². The highest BCUT2D eigenvalue weighted by Gasteiger charge is 2.52. The van der Waals surface area contributed by atoms with Crippen LogP contribution in [-0.4, -0.2) is 47.3 Å². The van der Waals surface area contributed by atoms with Gasteiger partial charge in [0.25, 0.3) is 5.91 Å². The number of esters is 1. The minimum atomic E-state index is -0.992. The molecule has 0 unspecified atom stereocenters. The van der Waals surface area contributed by atoms with E-state index in [1.54, 1.807) is 0 Å². The molecule has 1 heterocycles. The van der Waals surface area contributed by atoms with Crippen molar-refractivity contribution >= 4 is 23.7 Å². The van der Waals surface area contributed by atoms with Crippen LogP contribution in [0, 0.1) is 11.6 Å². The van der Waals surface area contributed by atoms with E-state index in [4.69, 9.17) is 4.74 Å². The molecule has 0 bridgehead atoms. The van der Waals surface area contributed by atoms with Gasteiger partial charge in [-0.25, -0.2) is 13.6 Å². The number of benzene rings is 1. The van der Waals surface area contributed by atoms with Crippen LogP contribution in [0.4, 0.5) is 13.6 Å². The van der Waals surface area contributed by atoms with Gasteiger partial charge in [-0.15, -0.1) is 0 Å². The first-order chi connectivity index (χ1) is 12.3. The van der Waals surface area contributed by atoms with E-state index in [0.717, 1.165) is 29.9 Å². The van der Waals surface area contributed by atoms with Gasteiger partial charge in [-0.1, -0.05) is 12.8 Å². The minimum Gasteiger partial charge on any atom is -0.456 e. The van der Waals surface area contributed by atoms with Crippen LogP contribution >= 0.6 is 0 Å². The molecule has 0 aromatic heterocycles. The van der Waals surface area contributed by atoms with Crippen molar-refractivity contribution in [2.45, 2.75) is 31.2 Å². The number of carbonyl (C=O) groups excluding carboxylic acids is 4. The van der Waals surface area contributed by atoms with Crippen LogP contribution in [0.25, 0.3) is 0 Å². The molecule has 0 radical (unpaired) electrons. The number of hydrogen-bond acceptors (Lipinski definition) is 5. The van der Waals surface area contributed by atoms with Gasteiger partial charge in [0, 0.05) is 0 Å². The number of imide groups is 1. The van der Waals surface area contributed by atoms with Crippen LogP contribution < -0.4 is 5.32 Å². The molecule has 138 valence electrons. The number of carbonyl (C=O) groups is 4. The molecule has 1 N–H and O–H groups in total. The average molecular weight is 366 g/mol. The molecule has 3 amide bonds. The molecule has 3 rings (SSSR count). The average Bonchev–Trinajstić information content (AvgIpc) is 3.16. The Kier molecular flexibility index (Phi) is 4.71. The molecule has 1 aliphatic carbocycles. The van der Waals surface area contributed by atoms with Crippen LogP contribution in [0.1, 0.15) is 36.0 Å². The summed E-state index contributed by atoms with van der Waals surface area (Å²) in [7, 11) is 0. The minimum absolute atomic E-state index is 0.487. The van der Waals surface area contributed by atoms with Crippen LogP contribution in [0.2, 0.25) is 0 Å². The SMILES string of the molecule is O=C(CN1C(=O)NC2(CCCC2)C1=O)OCC(=O)c1cc(F)ccc1F. The molecular formula is C17H16F2N2O5. The number of urea groups is 1. The molecule has 1 spiro atoms. The number of ether oxygens (including phenoxy) is 1. The Hall–Kier alpha value is -2.84. The molecule has 1 saturated heterocycles. The van der Waals surface area contributed by atoms with E-state index in [0.29, 0.717) is 18.9 Å². The van der Waals surface area contributed by atoms with Crippen molar-refractivity contribution in [3.63, 3.8) is 0 Å². The van der Waals surface area contributed by atoms with Crippen LogP contribution in [-0.2, 0) is 14.3 Å². The van der Waals surface area contributed by atoms with Crippen LogP contribution in [0.3, 0.4) is 0 Å². The molecule has 1 aliphatic heterocycles. The maximum Gasteiger partial charge on any atom is 0.326 e. The summed E-state index contributed by atoms with van der Waals surface area (Å²) in [6.45, 7) is -1.47. The number of halogens is 2. The standard InChI is InChI=1S/C17H16F2N2O5/c18-10-3-4-12(19)11(7-10)13(22)9-26-14(23)8-21-15(24)17(20-16(21)25)5-1-2-6-17/h3-4,7H,1-2,5-6,8-9H2,(H,20,25). The van der Waals surface area contributed by atoms with Gasteiger partial charge in [0.15, 0.2) is 6.61 Å². The fraction of sp³-hybridized carbons (Fsp3) is 0.412. The van der Waals surface area contributed by atoms with Crippen LogP contribution in [0.5, 0.6) is 0 Å². The highest BCUT2D eigenvalue weighted by Crippen LogP contribution is 2.34. The molecule has 7 nitrogen and oxygen atoms in total. The summed E-state index contributed by atoms with van der Waals surface area (Å²) in [5.41, 5.74) is -1.49. The number of nitrogens with one attached hydrogen (secondary N) is 1. The second-order valence-electron chi connectivity index (χ2n) is 6.32. The molecule has 1 aromatic carbocycles. The zero-order valence-corrected chi connectivity index (χ0v) is 13.7. The highest BCUT2D eigenvalue weighted by atomic mass is 19.1. The first-order valence-corrected chi connectivity index (χ1v) is 8.10. The number of Topliss-reactive ketones (excluding diaryl/α,β-unsaturated/α-hetero) is 1. The largest absolute Gasteiger partial charge is 0.456 e. The maximum atomic E-state index is 13.5. The molecule has 2 fully saturated rings. The van der Waals surface area contributed by atoms with E-state index < -0.39 is 59.6 Å². The Balaban J connectivity index is 1.57. The van der Waals surface area contributed by atoms with Gasteiger partial charge < -0.3 is 10.1 Å². The lowest BCUT2D eigenvalue weighted by atomic mass is 9.98. The Morgan fingerprint density at radius 1 is 1.19 bits per heavy atom. The predicted molar refractivity (Wildman–Crippen MR) is 83.1 cm³/mol. The number of rotatable bonds is 5. The first-order valence-electron chi connectivity index (χ1n) is 8.10. The molecule has 1 saturated carbocycles. The molecular weight excluding hydrogens is 350 g/mol. The Bertz CT molecular complexity index is 789. The Labute approximate surface area is 147 Å². The third kappa shape index (κ3) is 3.29. The van der Waals surface area contributed by atoms with Crippen molar-refractivity contribution in [2.24, 2.45) is 0 Å². The second kappa shape index (κ2) is 6.81. The van der Waals surface area contributed by atoms with Crippen LogP contribution in [0.15, 0.2) is 18.2 Å². The van der Waals surface area contributed by atoms with E-state index in [2.05, 4.69) is 5.32 Å². The summed E-state index contributed by atoms with van der Waals surface area (Å²) in [5, 5.41) is 2.61. The smallest absolute Gasteiger partial charge is 0.326 e. The predicted octanol–water partition coefficient (Wildman–Crippen LogP) is 1.56. The van der Waals surface area contributed by atoms with E-state index in [1.165, 1.54) is 0 Å². The van der Waals surface area contributed by atoms with Gasteiger partial charge in [0.2, 0.25) is 5.78 Å². The monoisotopic (exact) mass is 366 g/mol. The van der Waals surface area contributed by atoms with E-state index in [-0.39, 0.29) is 0 Å². The Morgan fingerprint density at radius 2 is 1.88 bits per heavy atom. The summed E-state index contributed by atoms with van der Waals surface area (Å²) in [4.78, 5) is 48.8. The fourth-order valence-corrected chi connectivity index (χ4v) is 3.25. The van der Waals surface area contributed by atoms with Gasteiger partial charge in [-0.2, -0.15) is 0 Å². The lowest BCUT2D eigenvalue weighted by Crippen LogP contribution is -2.44. The Morgan fingerprint density at radius 3 is 2.58 bits per heavy atom. The van der Waals surface area contributed by atoms with Gasteiger partial charge in [-0.3, -0.25) is 19.3 Å². The summed E-state index contributed by atoms with van der Waals surface area (Å²) < 4.78 is 31.3. The first kappa shape index (κ1) is 18.0. The van der Waals surface area contributed by atoms with Crippen molar-refractivity contribution in [1.82, 2.24) is 10.2 Å². The number of hydrogen-bond donors (Lipinski definition) is 1. The normalized spacial score (nSPS) is 18.3. The van der Waals surface area contributed by atoms with Gasteiger partial charge in [0.05, 0.1) is 5.56 Å². The fourth-order valence-electron chi connectivity index (χ4n) is 3.25. The topological polar surface area (TPSA) is 92.8 Å². The number of ketones is 1. The summed E-state index contributed by atoms with van der Waals surface area (Å²) >= 11 is 0. The lowest BCUT2D eigenvalue weighted by molar-refractivity contribution is -0.146. The van der Waals surface area contributed by atoms with E-state index in [9.17, 15) is 28.0 Å². The zero-order chi connectivity index (χ0) is 18.9. The highest BCUT2D eigenvalue weighted by molar-refractivity contribution is 6.09. The third-order valence-corrected chi connectivity index (χ3v) is 4.58. The quantitative estimate of drug-likeness (QED) is 0.485. The molecule has 2 aliphatic rings. The molecule has 0 atom stereocenters. The summed E-state index contributed by atoms with van der Waals surface area (Å²) in [6.07, 6.45) is 2.64. The maximum absolute atomic E-state index is 13.5. The van der Waals surface area contributed by atoms with Crippen molar-refractivity contribution in [1.29, 1.82) is 0 Å². The second-order valence-corrected chi connectivity index (χ2v) is 6.32. The molecule has 9 heteroatoms. The van der Waals surface area contributed by atoms with Crippen molar-refractivity contribution in [2.75, 3.05) is 13.2 Å². The van der Waals surface area contributed by atoms with Gasteiger partial charge in [-0.05, 0) is 31.0 Å². The van der Waals surface area contributed by atoms with Gasteiger partial charge in [0.1, 0.15) is 23.7 Å². The number of nitrogens with zero attached hydrogens (tertiary/aromatic N) is 1. The molecule has 26 heavy (non-hydrogen) atoms. The molecule has 1 aromatic rings. The van der Waals surface area contributed by atoms with Crippen molar-refractivity contribution in [3.8, 4) is 0 Å². The summed E-state index contributed by atoms with van der Waals surface area (Å²) in [6, 6.07) is 1.66. The summed E-state index contributed by atoms with van der Waals surface area (Å²) in [5.74, 6) is -4.15. The lowest BCUT2D eigenvalue weighted by Gasteiger charge is -2.19. The number of amides is 3. The zero-order valence-electron chi connectivity index (χ0n) is 13.7. The van der Waals surface area contributed by atoms with Crippen molar-refractivity contribution < 1.29 is 32.7 Å². The van der Waals surface area contributed by atoms with Gasteiger partial charge >= 0.3 is 12.0 Å². The van der Waals surface area contributed by atoms with E-state index in [1.807, 2.05) is 0 Å². The van der Waals surface area contributed by atoms with E-state index >= 15 is 0 Å².